The Bertz CT molecular complexity index is 747. The van der Waals surface area contributed by atoms with Crippen LogP contribution in [0.4, 0.5) is 4.39 Å². The van der Waals surface area contributed by atoms with E-state index in [0.717, 1.165) is 42.6 Å². The minimum absolute atomic E-state index is 0.0218. The van der Waals surface area contributed by atoms with Crippen molar-refractivity contribution in [1.29, 1.82) is 0 Å². The largest absolute Gasteiger partial charge is 0.349 e. The maximum Gasteiger partial charge on any atom is 0.224 e. The third kappa shape index (κ3) is 4.13. The summed E-state index contributed by atoms with van der Waals surface area (Å²) in [5.74, 6) is -0.169. The fourth-order valence-electron chi connectivity index (χ4n) is 3.94. The molecule has 0 aromatic heterocycles. The second kappa shape index (κ2) is 8.45. The molecule has 1 aliphatic heterocycles. The van der Waals surface area contributed by atoms with Gasteiger partial charge in [-0.15, -0.1) is 0 Å². The molecule has 138 valence electrons. The monoisotopic (exact) mass is 354 g/mol. The lowest BCUT2D eigenvalue weighted by atomic mass is 9.79. The molecule has 2 aromatic carbocycles. The van der Waals surface area contributed by atoms with E-state index in [4.69, 9.17) is 0 Å². The number of amides is 1. The number of halogens is 1. The van der Waals surface area contributed by atoms with Crippen LogP contribution < -0.4 is 10.6 Å². The summed E-state index contributed by atoms with van der Waals surface area (Å²) in [7, 11) is 0. The quantitative estimate of drug-likeness (QED) is 0.849. The molecule has 0 spiro atoms. The van der Waals surface area contributed by atoms with E-state index in [0.29, 0.717) is 0 Å². The molecule has 3 rings (SSSR count). The maximum absolute atomic E-state index is 13.5. The molecule has 0 saturated carbocycles. The van der Waals surface area contributed by atoms with E-state index < -0.39 is 0 Å². The van der Waals surface area contributed by atoms with Gasteiger partial charge in [-0.1, -0.05) is 43.3 Å². The average molecular weight is 354 g/mol. The number of rotatable bonds is 5. The van der Waals surface area contributed by atoms with Crippen molar-refractivity contribution in [1.82, 2.24) is 10.6 Å². The summed E-state index contributed by atoms with van der Waals surface area (Å²) in [6.45, 7) is 5.58. The van der Waals surface area contributed by atoms with Crippen LogP contribution in [0.15, 0.2) is 48.5 Å². The summed E-state index contributed by atoms with van der Waals surface area (Å²) < 4.78 is 13.5. The van der Waals surface area contributed by atoms with Gasteiger partial charge in [0, 0.05) is 18.4 Å². The zero-order valence-corrected chi connectivity index (χ0v) is 15.5. The van der Waals surface area contributed by atoms with Gasteiger partial charge in [0.25, 0.3) is 0 Å². The number of carbonyl (C=O) groups excluding carboxylic acids is 1. The lowest BCUT2D eigenvalue weighted by Crippen LogP contribution is -2.44. The fourth-order valence-corrected chi connectivity index (χ4v) is 3.94. The molecular formula is C22H27FN2O. The molecule has 3 nitrogen and oxygen atoms in total. The van der Waals surface area contributed by atoms with Gasteiger partial charge in [0.05, 0.1) is 6.04 Å². The first-order chi connectivity index (χ1) is 12.6. The highest BCUT2D eigenvalue weighted by Crippen LogP contribution is 2.32. The molecule has 2 unspecified atom stereocenters. The minimum Gasteiger partial charge on any atom is -0.349 e. The smallest absolute Gasteiger partial charge is 0.224 e. The maximum atomic E-state index is 13.5. The van der Waals surface area contributed by atoms with Gasteiger partial charge in [-0.25, -0.2) is 4.39 Å². The van der Waals surface area contributed by atoms with Crippen LogP contribution in [0.5, 0.6) is 0 Å². The molecule has 1 fully saturated rings. The Morgan fingerprint density at radius 3 is 2.73 bits per heavy atom. The third-order valence-corrected chi connectivity index (χ3v) is 5.38. The lowest BCUT2D eigenvalue weighted by molar-refractivity contribution is -0.127. The van der Waals surface area contributed by atoms with Crippen molar-refractivity contribution >= 4 is 5.91 Å². The first-order valence-corrected chi connectivity index (χ1v) is 9.42. The van der Waals surface area contributed by atoms with Crippen LogP contribution in [-0.2, 0) is 4.79 Å². The van der Waals surface area contributed by atoms with Gasteiger partial charge in [0.2, 0.25) is 5.91 Å². The van der Waals surface area contributed by atoms with Crippen LogP contribution in [0, 0.1) is 18.7 Å². The Labute approximate surface area is 155 Å². The Morgan fingerprint density at radius 1 is 1.27 bits per heavy atom. The van der Waals surface area contributed by atoms with Crippen molar-refractivity contribution < 1.29 is 9.18 Å². The van der Waals surface area contributed by atoms with Gasteiger partial charge < -0.3 is 10.6 Å². The zero-order chi connectivity index (χ0) is 18.5. The molecule has 1 amide bonds. The molecule has 2 N–H and O–H groups in total. The highest BCUT2D eigenvalue weighted by molar-refractivity contribution is 5.80. The molecule has 26 heavy (non-hydrogen) atoms. The Kier molecular flexibility index (Phi) is 6.04. The van der Waals surface area contributed by atoms with E-state index in [1.165, 1.54) is 6.07 Å². The Balaban J connectivity index is 1.79. The summed E-state index contributed by atoms with van der Waals surface area (Å²) in [5, 5.41) is 6.63. The van der Waals surface area contributed by atoms with E-state index in [1.807, 2.05) is 31.2 Å². The van der Waals surface area contributed by atoms with E-state index in [9.17, 15) is 9.18 Å². The summed E-state index contributed by atoms with van der Waals surface area (Å²) in [4.78, 5) is 13.1. The van der Waals surface area contributed by atoms with Gasteiger partial charge in [0.15, 0.2) is 0 Å². The van der Waals surface area contributed by atoms with Crippen LogP contribution >= 0.6 is 0 Å². The zero-order valence-electron chi connectivity index (χ0n) is 15.5. The number of carbonyl (C=O) groups is 1. The standard InChI is InChI=1S/C22H27FN2O/c1-3-21(16-7-5-4-6-8-16)25-22(26)19-11-12-24-14-20(19)18-10-9-17(23)13-15(18)2/h4-10,13,19-21,24H,3,11-12,14H2,1-2H3,(H,25,26)/t19?,20?,21-/m0/s1. The van der Waals surface area contributed by atoms with Gasteiger partial charge >= 0.3 is 0 Å². The first-order valence-electron chi connectivity index (χ1n) is 9.42. The summed E-state index contributed by atoms with van der Waals surface area (Å²) in [6, 6.07) is 15.0. The van der Waals surface area contributed by atoms with Gasteiger partial charge in [0.1, 0.15) is 5.82 Å². The predicted molar refractivity (Wildman–Crippen MR) is 102 cm³/mol. The van der Waals surface area contributed by atoms with Crippen LogP contribution in [-0.4, -0.2) is 19.0 Å². The van der Waals surface area contributed by atoms with Gasteiger partial charge in [-0.05, 0) is 55.1 Å². The third-order valence-electron chi connectivity index (χ3n) is 5.38. The summed E-state index contributed by atoms with van der Waals surface area (Å²) >= 11 is 0. The first kappa shape index (κ1) is 18.6. The molecule has 0 bridgehead atoms. The highest BCUT2D eigenvalue weighted by Gasteiger charge is 2.33. The van der Waals surface area contributed by atoms with E-state index in [-0.39, 0.29) is 29.6 Å². The SMILES string of the molecule is CC[C@H](NC(=O)C1CCNCC1c1ccc(F)cc1C)c1ccccc1. The lowest BCUT2D eigenvalue weighted by Gasteiger charge is -2.33. The van der Waals surface area contributed by atoms with Crippen molar-refractivity contribution in [2.45, 2.75) is 38.6 Å². The minimum atomic E-state index is -0.230. The topological polar surface area (TPSA) is 41.1 Å². The van der Waals surface area contributed by atoms with Crippen molar-refractivity contribution in [3.05, 3.63) is 71.0 Å². The Morgan fingerprint density at radius 2 is 2.04 bits per heavy atom. The number of hydrogen-bond acceptors (Lipinski definition) is 2. The molecule has 0 aliphatic carbocycles. The van der Waals surface area contributed by atoms with E-state index >= 15 is 0 Å². The molecular weight excluding hydrogens is 327 g/mol. The van der Waals surface area contributed by atoms with Gasteiger partial charge in [-0.2, -0.15) is 0 Å². The molecule has 2 aromatic rings. The van der Waals surface area contributed by atoms with E-state index in [2.05, 4.69) is 29.7 Å². The van der Waals surface area contributed by atoms with Crippen molar-refractivity contribution in [2.75, 3.05) is 13.1 Å². The van der Waals surface area contributed by atoms with Gasteiger partial charge in [-0.3, -0.25) is 4.79 Å². The molecule has 3 atom stereocenters. The Hall–Kier alpha value is -2.20. The molecule has 0 radical (unpaired) electrons. The van der Waals surface area contributed by atoms with Crippen LogP contribution in [0.1, 0.15) is 48.4 Å². The summed E-state index contributed by atoms with van der Waals surface area (Å²) in [5.41, 5.74) is 3.10. The van der Waals surface area contributed by atoms with Crippen LogP contribution in [0.2, 0.25) is 0 Å². The second-order valence-corrected chi connectivity index (χ2v) is 7.09. The van der Waals surface area contributed by atoms with Crippen molar-refractivity contribution in [3.8, 4) is 0 Å². The number of benzene rings is 2. The number of piperidine rings is 1. The molecule has 1 heterocycles. The van der Waals surface area contributed by atoms with Crippen LogP contribution in [0.3, 0.4) is 0 Å². The predicted octanol–water partition coefficient (Wildman–Crippen LogP) is 4.09. The summed E-state index contributed by atoms with van der Waals surface area (Å²) in [6.07, 6.45) is 1.64. The molecule has 4 heteroatoms. The average Bonchev–Trinajstić information content (AvgIpc) is 2.66. The number of hydrogen-bond donors (Lipinski definition) is 2. The van der Waals surface area contributed by atoms with Crippen LogP contribution in [0.25, 0.3) is 0 Å². The number of aryl methyl sites for hydroxylation is 1. The van der Waals surface area contributed by atoms with Crippen molar-refractivity contribution in [2.24, 2.45) is 5.92 Å². The highest BCUT2D eigenvalue weighted by atomic mass is 19.1. The molecule has 1 aliphatic rings. The fraction of sp³-hybridized carbons (Fsp3) is 0.409. The normalized spacial score (nSPS) is 21.2. The van der Waals surface area contributed by atoms with E-state index in [1.54, 1.807) is 6.07 Å². The van der Waals surface area contributed by atoms with Crippen molar-refractivity contribution in [3.63, 3.8) is 0 Å². The number of nitrogens with one attached hydrogen (secondary N) is 2. The second-order valence-electron chi connectivity index (χ2n) is 7.09. The molecule has 1 saturated heterocycles.